The summed E-state index contributed by atoms with van der Waals surface area (Å²) in [5.74, 6) is 5.86. The zero-order valence-corrected chi connectivity index (χ0v) is 11.0. The summed E-state index contributed by atoms with van der Waals surface area (Å²) in [6, 6.07) is 15.0. The smallest absolute Gasteiger partial charge is 0.315 e. The normalized spacial score (nSPS) is 9.20. The maximum absolute atomic E-state index is 11.5. The minimum absolute atomic E-state index is 0.252. The highest BCUT2D eigenvalue weighted by Gasteiger charge is 1.98. The molecule has 0 saturated heterocycles. The van der Waals surface area contributed by atoms with Gasteiger partial charge in [0, 0.05) is 11.8 Å². The number of rotatable bonds is 3. The zero-order chi connectivity index (χ0) is 14.0. The summed E-state index contributed by atoms with van der Waals surface area (Å²) >= 11 is 0. The second-order valence-electron chi connectivity index (χ2n) is 4.03. The molecule has 0 spiro atoms. The van der Waals surface area contributed by atoms with E-state index >= 15 is 0 Å². The first-order valence-corrected chi connectivity index (χ1v) is 6.30. The second kappa shape index (κ2) is 7.59. The van der Waals surface area contributed by atoms with E-state index in [0.717, 1.165) is 11.3 Å². The third-order valence-electron chi connectivity index (χ3n) is 2.50. The van der Waals surface area contributed by atoms with E-state index in [1.54, 1.807) is 6.20 Å². The summed E-state index contributed by atoms with van der Waals surface area (Å²) in [4.78, 5) is 15.6. The van der Waals surface area contributed by atoms with Crippen LogP contribution in [-0.4, -0.2) is 17.6 Å². The van der Waals surface area contributed by atoms with Crippen LogP contribution in [0.4, 0.5) is 4.79 Å². The lowest BCUT2D eigenvalue weighted by Crippen LogP contribution is -2.35. The molecule has 2 amide bonds. The van der Waals surface area contributed by atoms with Gasteiger partial charge in [0.25, 0.3) is 0 Å². The molecular formula is C16H15N3O. The van der Waals surface area contributed by atoms with E-state index in [1.165, 1.54) is 0 Å². The number of aromatic nitrogens is 1. The van der Waals surface area contributed by atoms with Gasteiger partial charge in [-0.15, -0.1) is 0 Å². The Labute approximate surface area is 118 Å². The second-order valence-corrected chi connectivity index (χ2v) is 4.03. The number of nitrogens with one attached hydrogen (secondary N) is 2. The minimum Gasteiger partial charge on any atom is -0.332 e. The van der Waals surface area contributed by atoms with Gasteiger partial charge in [-0.2, -0.15) is 0 Å². The Hall–Kier alpha value is -2.80. The quantitative estimate of drug-likeness (QED) is 0.833. The Balaban J connectivity index is 1.70. The van der Waals surface area contributed by atoms with Crippen LogP contribution >= 0.6 is 0 Å². The molecule has 0 radical (unpaired) electrons. The largest absolute Gasteiger partial charge is 0.332 e. The standard InChI is InChI=1S/C16H15N3O/c20-16(19-13-15-10-4-5-11-17-15)18-12-6-9-14-7-2-1-3-8-14/h1-5,7-8,10-11H,12-13H2,(H2,18,19,20). The molecule has 4 heteroatoms. The van der Waals surface area contributed by atoms with Gasteiger partial charge in [-0.05, 0) is 24.3 Å². The van der Waals surface area contributed by atoms with Crippen molar-refractivity contribution in [3.8, 4) is 11.8 Å². The summed E-state index contributed by atoms with van der Waals surface area (Å²) in [6.07, 6.45) is 1.69. The van der Waals surface area contributed by atoms with Crippen molar-refractivity contribution in [1.29, 1.82) is 0 Å². The molecule has 0 aliphatic carbocycles. The summed E-state index contributed by atoms with van der Waals surface area (Å²) in [5, 5.41) is 5.39. The first-order valence-electron chi connectivity index (χ1n) is 6.30. The molecule has 2 rings (SSSR count). The number of carbonyl (C=O) groups excluding carboxylic acids is 1. The Bertz CT molecular complexity index is 600. The number of carbonyl (C=O) groups is 1. The van der Waals surface area contributed by atoms with Gasteiger partial charge in [0.15, 0.2) is 0 Å². The van der Waals surface area contributed by atoms with Crippen LogP contribution in [0.2, 0.25) is 0 Å². The van der Waals surface area contributed by atoms with Crippen LogP contribution in [0.1, 0.15) is 11.3 Å². The Morgan fingerprint density at radius 3 is 2.60 bits per heavy atom. The van der Waals surface area contributed by atoms with Gasteiger partial charge in [-0.3, -0.25) is 4.98 Å². The van der Waals surface area contributed by atoms with Crippen LogP contribution in [0.5, 0.6) is 0 Å². The molecular weight excluding hydrogens is 250 g/mol. The molecule has 100 valence electrons. The van der Waals surface area contributed by atoms with Gasteiger partial charge in [0.2, 0.25) is 0 Å². The fourth-order valence-corrected chi connectivity index (χ4v) is 1.53. The van der Waals surface area contributed by atoms with Crippen molar-refractivity contribution in [3.63, 3.8) is 0 Å². The van der Waals surface area contributed by atoms with Gasteiger partial charge in [0.05, 0.1) is 18.8 Å². The number of nitrogens with zero attached hydrogens (tertiary/aromatic N) is 1. The molecule has 2 aromatic rings. The number of urea groups is 1. The lowest BCUT2D eigenvalue weighted by Gasteiger charge is -2.04. The molecule has 0 aliphatic rings. The van der Waals surface area contributed by atoms with E-state index in [-0.39, 0.29) is 6.03 Å². The van der Waals surface area contributed by atoms with E-state index in [4.69, 9.17) is 0 Å². The van der Waals surface area contributed by atoms with E-state index in [1.807, 2.05) is 48.5 Å². The fourth-order valence-electron chi connectivity index (χ4n) is 1.53. The monoisotopic (exact) mass is 265 g/mol. The van der Waals surface area contributed by atoms with Crippen molar-refractivity contribution in [2.75, 3.05) is 6.54 Å². The van der Waals surface area contributed by atoms with Crippen LogP contribution < -0.4 is 10.6 Å². The average molecular weight is 265 g/mol. The van der Waals surface area contributed by atoms with E-state index in [0.29, 0.717) is 13.1 Å². The molecule has 20 heavy (non-hydrogen) atoms. The van der Waals surface area contributed by atoms with Crippen LogP contribution in [-0.2, 0) is 6.54 Å². The molecule has 1 aromatic heterocycles. The highest BCUT2D eigenvalue weighted by atomic mass is 16.2. The van der Waals surface area contributed by atoms with Gasteiger partial charge < -0.3 is 10.6 Å². The molecule has 1 aromatic carbocycles. The number of pyridine rings is 1. The molecule has 4 nitrogen and oxygen atoms in total. The Morgan fingerprint density at radius 2 is 1.85 bits per heavy atom. The molecule has 0 saturated carbocycles. The SMILES string of the molecule is O=C(NCC#Cc1ccccc1)NCc1ccccn1. The van der Waals surface area contributed by atoms with Crippen LogP contribution in [0.15, 0.2) is 54.7 Å². The summed E-state index contributed by atoms with van der Waals surface area (Å²) < 4.78 is 0. The van der Waals surface area contributed by atoms with Crippen LogP contribution in [0, 0.1) is 11.8 Å². The predicted octanol–water partition coefficient (Wildman–Crippen LogP) is 1.93. The minimum atomic E-state index is -0.252. The van der Waals surface area contributed by atoms with Gasteiger partial charge in [-0.1, -0.05) is 36.1 Å². The molecule has 0 aliphatic heterocycles. The van der Waals surface area contributed by atoms with Gasteiger partial charge >= 0.3 is 6.03 Å². The van der Waals surface area contributed by atoms with Crippen molar-refractivity contribution in [2.24, 2.45) is 0 Å². The predicted molar refractivity (Wildman–Crippen MR) is 77.8 cm³/mol. The summed E-state index contributed by atoms with van der Waals surface area (Å²) in [6.45, 7) is 0.710. The third-order valence-corrected chi connectivity index (χ3v) is 2.50. The van der Waals surface area contributed by atoms with Crippen molar-refractivity contribution < 1.29 is 4.79 Å². The highest BCUT2D eigenvalue weighted by Crippen LogP contribution is 1.94. The lowest BCUT2D eigenvalue weighted by molar-refractivity contribution is 0.241. The molecule has 0 fully saturated rings. The Morgan fingerprint density at radius 1 is 1.05 bits per heavy atom. The number of hydrogen-bond donors (Lipinski definition) is 2. The van der Waals surface area contributed by atoms with E-state index < -0.39 is 0 Å². The van der Waals surface area contributed by atoms with Gasteiger partial charge in [0.1, 0.15) is 0 Å². The maximum atomic E-state index is 11.5. The topological polar surface area (TPSA) is 54.0 Å². The number of hydrogen-bond acceptors (Lipinski definition) is 2. The zero-order valence-electron chi connectivity index (χ0n) is 11.0. The van der Waals surface area contributed by atoms with Crippen LogP contribution in [0.25, 0.3) is 0 Å². The molecule has 2 N–H and O–H groups in total. The van der Waals surface area contributed by atoms with Crippen molar-refractivity contribution >= 4 is 6.03 Å². The third kappa shape index (κ3) is 4.83. The fraction of sp³-hybridized carbons (Fsp3) is 0.125. The number of benzene rings is 1. The highest BCUT2D eigenvalue weighted by molar-refractivity contribution is 5.74. The summed E-state index contributed by atoms with van der Waals surface area (Å²) in [5.41, 5.74) is 1.75. The summed E-state index contributed by atoms with van der Waals surface area (Å²) in [7, 11) is 0. The van der Waals surface area contributed by atoms with Crippen molar-refractivity contribution in [1.82, 2.24) is 15.6 Å². The van der Waals surface area contributed by atoms with E-state index in [2.05, 4.69) is 27.5 Å². The maximum Gasteiger partial charge on any atom is 0.315 e. The molecule has 0 bridgehead atoms. The van der Waals surface area contributed by atoms with Gasteiger partial charge in [-0.25, -0.2) is 4.79 Å². The van der Waals surface area contributed by atoms with E-state index in [9.17, 15) is 4.79 Å². The average Bonchev–Trinajstić information content (AvgIpc) is 2.52. The van der Waals surface area contributed by atoms with Crippen molar-refractivity contribution in [3.05, 3.63) is 66.0 Å². The first kappa shape index (κ1) is 13.6. The Kier molecular flexibility index (Phi) is 5.17. The van der Waals surface area contributed by atoms with Crippen LogP contribution in [0.3, 0.4) is 0 Å². The lowest BCUT2D eigenvalue weighted by atomic mass is 10.2. The number of amides is 2. The molecule has 0 unspecified atom stereocenters. The molecule has 0 atom stereocenters. The first-order chi connectivity index (χ1) is 9.84. The molecule has 1 heterocycles. The van der Waals surface area contributed by atoms with Crippen molar-refractivity contribution in [2.45, 2.75) is 6.54 Å².